The maximum Gasteiger partial charge on any atom is 0.225 e. The standard InChI is InChI=1S/C15H24N2O2.C12H20S.C2H2/c1-4-15(2,3)16-13(18)12-10-7-17(8-11(10)12)14(19)9-5-6-9;1-5-7-8-9-10-12(13-4)11(3)6-2;1-2/h9-12H,4-8H2,1-3H3,(H,16,18);6,8-10H,5,7H2,1-4H3;1-2H/b;9-8-,11-6+,12-10+;. The van der Waals surface area contributed by atoms with Crippen molar-refractivity contribution in [3.05, 3.63) is 34.8 Å². The summed E-state index contributed by atoms with van der Waals surface area (Å²) in [7, 11) is 0. The van der Waals surface area contributed by atoms with Crippen LogP contribution in [0.5, 0.6) is 0 Å². The van der Waals surface area contributed by atoms with Crippen LogP contribution in [0.3, 0.4) is 0 Å². The number of carbonyl (C=O) groups excluding carboxylic acids is 2. The Morgan fingerprint density at radius 3 is 2.18 bits per heavy atom. The van der Waals surface area contributed by atoms with Crippen molar-refractivity contribution >= 4 is 23.6 Å². The Bertz CT molecular complexity index is 777. The molecule has 3 rings (SSSR count). The molecule has 5 heteroatoms. The number of carbonyl (C=O) groups is 2. The van der Waals surface area contributed by atoms with Gasteiger partial charge in [-0.15, -0.1) is 24.6 Å². The van der Waals surface area contributed by atoms with Gasteiger partial charge < -0.3 is 10.2 Å². The van der Waals surface area contributed by atoms with E-state index in [0.29, 0.717) is 23.7 Å². The van der Waals surface area contributed by atoms with Crippen molar-refractivity contribution in [1.29, 1.82) is 0 Å². The summed E-state index contributed by atoms with van der Waals surface area (Å²) in [5, 5.41) is 3.13. The molecule has 0 bridgehead atoms. The predicted octanol–water partition coefficient (Wildman–Crippen LogP) is 6.21. The first-order valence-corrected chi connectivity index (χ1v) is 13.9. The molecule has 3 fully saturated rings. The van der Waals surface area contributed by atoms with Crippen LogP contribution in [0.25, 0.3) is 0 Å². The molecule has 4 nitrogen and oxygen atoms in total. The van der Waals surface area contributed by atoms with Gasteiger partial charge in [0.05, 0.1) is 0 Å². The number of allylic oxidation sites excluding steroid dienone is 5. The van der Waals surface area contributed by atoms with E-state index < -0.39 is 0 Å². The lowest BCUT2D eigenvalue weighted by molar-refractivity contribution is -0.133. The molecule has 0 aromatic carbocycles. The highest BCUT2D eigenvalue weighted by atomic mass is 32.2. The molecule has 1 aliphatic heterocycles. The molecular formula is C29H46N2O2S. The lowest BCUT2D eigenvalue weighted by Crippen LogP contribution is -2.45. The summed E-state index contributed by atoms with van der Waals surface area (Å²) in [6.45, 7) is 14.3. The summed E-state index contributed by atoms with van der Waals surface area (Å²) < 4.78 is 0. The number of hydrogen-bond acceptors (Lipinski definition) is 3. The van der Waals surface area contributed by atoms with E-state index in [4.69, 9.17) is 0 Å². The summed E-state index contributed by atoms with van der Waals surface area (Å²) in [5.41, 5.74) is 1.24. The Morgan fingerprint density at radius 1 is 1.15 bits per heavy atom. The van der Waals surface area contributed by atoms with E-state index in [-0.39, 0.29) is 17.4 Å². The zero-order chi connectivity index (χ0) is 25.9. The minimum Gasteiger partial charge on any atom is -0.351 e. The van der Waals surface area contributed by atoms with Crippen LogP contribution in [-0.2, 0) is 9.59 Å². The van der Waals surface area contributed by atoms with Gasteiger partial charge in [-0.3, -0.25) is 9.59 Å². The third-order valence-corrected chi connectivity index (χ3v) is 7.86. The largest absolute Gasteiger partial charge is 0.351 e. The van der Waals surface area contributed by atoms with Crippen LogP contribution in [0.4, 0.5) is 0 Å². The number of piperidine rings is 1. The highest BCUT2D eigenvalue weighted by molar-refractivity contribution is 8.02. The molecule has 1 N–H and O–H groups in total. The van der Waals surface area contributed by atoms with Gasteiger partial charge in [0.2, 0.25) is 11.8 Å². The fraction of sp³-hybridized carbons (Fsp3) is 0.655. The van der Waals surface area contributed by atoms with Gasteiger partial charge in [-0.1, -0.05) is 38.5 Å². The van der Waals surface area contributed by atoms with Gasteiger partial charge in [0.1, 0.15) is 0 Å². The van der Waals surface area contributed by atoms with Crippen molar-refractivity contribution in [2.45, 2.75) is 79.2 Å². The van der Waals surface area contributed by atoms with E-state index in [9.17, 15) is 9.59 Å². The van der Waals surface area contributed by atoms with E-state index >= 15 is 0 Å². The first kappa shape index (κ1) is 30.1. The summed E-state index contributed by atoms with van der Waals surface area (Å²) >= 11 is 1.80. The molecule has 0 aromatic heterocycles. The van der Waals surface area contributed by atoms with Gasteiger partial charge in [0.25, 0.3) is 0 Å². The monoisotopic (exact) mass is 486 g/mol. The zero-order valence-corrected chi connectivity index (χ0v) is 23.2. The molecule has 2 amide bonds. The van der Waals surface area contributed by atoms with Gasteiger partial charge in [0, 0.05) is 35.4 Å². The number of unbranched alkanes of at least 4 members (excludes halogenated alkanes) is 1. The molecule has 2 aliphatic carbocycles. The van der Waals surface area contributed by atoms with Crippen molar-refractivity contribution in [2.24, 2.45) is 23.7 Å². The topological polar surface area (TPSA) is 49.4 Å². The van der Waals surface area contributed by atoms with Crippen LogP contribution >= 0.6 is 11.8 Å². The Labute approximate surface area is 213 Å². The van der Waals surface area contributed by atoms with Crippen LogP contribution < -0.4 is 5.32 Å². The molecule has 0 aromatic rings. The molecule has 2 unspecified atom stereocenters. The number of rotatable bonds is 9. The average molecular weight is 487 g/mol. The predicted molar refractivity (Wildman–Crippen MR) is 147 cm³/mol. The average Bonchev–Trinajstić information content (AvgIpc) is 3.76. The molecule has 0 radical (unpaired) electrons. The van der Waals surface area contributed by atoms with Crippen LogP contribution in [0.1, 0.15) is 73.6 Å². The van der Waals surface area contributed by atoms with E-state index in [1.807, 2.05) is 4.90 Å². The maximum atomic E-state index is 12.2. The van der Waals surface area contributed by atoms with Crippen LogP contribution in [-0.4, -0.2) is 41.6 Å². The second-order valence-corrected chi connectivity index (χ2v) is 10.9. The second-order valence-electron chi connectivity index (χ2n) is 10.0. The highest BCUT2D eigenvalue weighted by Gasteiger charge is 2.61. The number of nitrogens with zero attached hydrogens (tertiary/aromatic N) is 1. The molecule has 1 saturated heterocycles. The molecule has 1 heterocycles. The van der Waals surface area contributed by atoms with E-state index in [0.717, 1.165) is 32.4 Å². The maximum absolute atomic E-state index is 12.2. The Morgan fingerprint density at radius 2 is 1.74 bits per heavy atom. The molecule has 2 atom stereocenters. The number of thioether (sulfide) groups is 1. The Hall–Kier alpha value is -1.93. The van der Waals surface area contributed by atoms with E-state index in [1.165, 1.54) is 23.3 Å². The summed E-state index contributed by atoms with van der Waals surface area (Å²) in [6.07, 6.45) is 24.3. The minimum absolute atomic E-state index is 0.114. The number of terminal acetylenes is 1. The zero-order valence-electron chi connectivity index (χ0n) is 22.4. The van der Waals surface area contributed by atoms with Gasteiger partial charge in [0.15, 0.2) is 0 Å². The highest BCUT2D eigenvalue weighted by Crippen LogP contribution is 2.52. The quantitative estimate of drug-likeness (QED) is 0.311. The van der Waals surface area contributed by atoms with Gasteiger partial charge in [-0.05, 0) is 83.1 Å². The van der Waals surface area contributed by atoms with E-state index in [1.54, 1.807) is 11.8 Å². The number of amides is 2. The third-order valence-electron chi connectivity index (χ3n) is 6.96. The fourth-order valence-electron chi connectivity index (χ4n) is 4.11. The van der Waals surface area contributed by atoms with Crippen molar-refractivity contribution in [3.8, 4) is 12.8 Å². The van der Waals surface area contributed by atoms with Gasteiger partial charge in [-0.25, -0.2) is 0 Å². The molecule has 2 saturated carbocycles. The lowest BCUT2D eigenvalue weighted by Gasteiger charge is -2.26. The third kappa shape index (κ3) is 9.02. The molecule has 3 aliphatic rings. The number of nitrogens with one attached hydrogen (secondary N) is 1. The van der Waals surface area contributed by atoms with E-state index in [2.05, 4.69) is 90.3 Å². The summed E-state index contributed by atoms with van der Waals surface area (Å²) in [6, 6.07) is 0. The number of fused-ring (bicyclic) bond motifs is 1. The van der Waals surface area contributed by atoms with Crippen LogP contribution in [0.2, 0.25) is 0 Å². The summed E-state index contributed by atoms with van der Waals surface area (Å²) in [4.78, 5) is 27.5. The van der Waals surface area contributed by atoms with Crippen molar-refractivity contribution in [2.75, 3.05) is 19.3 Å². The number of hydrogen-bond donors (Lipinski definition) is 1. The minimum atomic E-state index is -0.114. The molecule has 34 heavy (non-hydrogen) atoms. The first-order valence-electron chi connectivity index (χ1n) is 12.7. The van der Waals surface area contributed by atoms with Crippen LogP contribution in [0, 0.1) is 36.5 Å². The smallest absolute Gasteiger partial charge is 0.225 e. The molecule has 190 valence electrons. The Balaban J connectivity index is 0.000000340. The van der Waals surface area contributed by atoms with Gasteiger partial charge >= 0.3 is 0 Å². The molecule has 0 spiro atoms. The van der Waals surface area contributed by atoms with Crippen molar-refractivity contribution in [3.63, 3.8) is 0 Å². The second kappa shape index (κ2) is 14.5. The van der Waals surface area contributed by atoms with Gasteiger partial charge in [-0.2, -0.15) is 0 Å². The SMILES string of the molecule is C#C.C/C=C(C)/C(=C\C=C/CCC)SC.CCC(C)(C)NC(=O)C1C2CN(C(=O)C3CC3)CC21. The lowest BCUT2D eigenvalue weighted by atomic mass is 10.0. The number of likely N-dealkylation sites (tertiary alicyclic amines) is 1. The van der Waals surface area contributed by atoms with Crippen LogP contribution in [0.15, 0.2) is 34.8 Å². The first-order chi connectivity index (χ1) is 16.2. The van der Waals surface area contributed by atoms with Crippen molar-refractivity contribution < 1.29 is 9.59 Å². The summed E-state index contributed by atoms with van der Waals surface area (Å²) in [5.74, 6) is 1.85. The van der Waals surface area contributed by atoms with Crippen molar-refractivity contribution in [1.82, 2.24) is 10.2 Å². The molecular weight excluding hydrogens is 440 g/mol. The normalized spacial score (nSPS) is 23.9. The fourth-order valence-corrected chi connectivity index (χ4v) is 4.76. The Kier molecular flexibility index (Phi) is 12.8.